The van der Waals surface area contributed by atoms with Crippen LogP contribution in [0.4, 0.5) is 8.78 Å². The van der Waals surface area contributed by atoms with E-state index in [0.29, 0.717) is 22.3 Å². The molecule has 0 saturated carbocycles. The number of nitrogens with zero attached hydrogens (tertiary/aromatic N) is 3. The number of allylic oxidation sites excluding steroid dienone is 2. The number of aliphatic carboxylic acids is 1. The Kier molecular flexibility index (Phi) is 7.53. The third kappa shape index (κ3) is 6.13. The van der Waals surface area contributed by atoms with Crippen LogP contribution in [0.25, 0.3) is 11.1 Å². The van der Waals surface area contributed by atoms with Crippen molar-refractivity contribution in [2.45, 2.75) is 25.0 Å². The van der Waals surface area contributed by atoms with Gasteiger partial charge in [-0.05, 0) is 40.6 Å². The fraction of sp³-hybridized carbons (Fsp3) is 0.182. The first-order chi connectivity index (χ1) is 15.3. The number of aromatic amines is 1. The number of halogens is 2. The topological polar surface area (TPSA) is 132 Å². The summed E-state index contributed by atoms with van der Waals surface area (Å²) in [5.41, 5.74) is 2.04. The van der Waals surface area contributed by atoms with Gasteiger partial charge in [0.2, 0.25) is 5.82 Å². The van der Waals surface area contributed by atoms with Crippen molar-refractivity contribution in [3.8, 4) is 0 Å². The molecule has 2 aromatic carbocycles. The number of aliphatic hydroxyl groups excluding tert-OH is 2. The maximum absolute atomic E-state index is 13.5. The second kappa shape index (κ2) is 10.5. The maximum Gasteiger partial charge on any atom is 0.305 e. The first-order valence-corrected chi connectivity index (χ1v) is 9.59. The summed E-state index contributed by atoms with van der Waals surface area (Å²) < 4.78 is 27.1. The molecule has 166 valence electrons. The van der Waals surface area contributed by atoms with Gasteiger partial charge in [-0.2, -0.15) is 5.21 Å². The first-order valence-electron chi connectivity index (χ1n) is 9.59. The number of rotatable bonds is 9. The molecule has 1 aromatic heterocycles. The zero-order valence-corrected chi connectivity index (χ0v) is 16.7. The van der Waals surface area contributed by atoms with Gasteiger partial charge in [0.1, 0.15) is 11.6 Å². The number of tetrazole rings is 1. The minimum atomic E-state index is -1.24. The number of aliphatic hydroxyl groups is 2. The van der Waals surface area contributed by atoms with E-state index < -0.39 is 36.2 Å². The Morgan fingerprint density at radius 2 is 1.56 bits per heavy atom. The summed E-state index contributed by atoms with van der Waals surface area (Å²) in [6.45, 7) is 0. The van der Waals surface area contributed by atoms with Gasteiger partial charge in [-0.1, -0.05) is 36.4 Å². The molecule has 0 spiro atoms. The summed E-state index contributed by atoms with van der Waals surface area (Å²) in [7, 11) is 0. The quantitative estimate of drug-likeness (QED) is 0.375. The molecule has 0 aliphatic heterocycles. The summed E-state index contributed by atoms with van der Waals surface area (Å²) in [4.78, 5) is 10.7. The Bertz CT molecular complexity index is 1050. The summed E-state index contributed by atoms with van der Waals surface area (Å²) in [5.74, 6) is -1.91. The average Bonchev–Trinajstić information content (AvgIpc) is 3.27. The molecule has 32 heavy (non-hydrogen) atoms. The van der Waals surface area contributed by atoms with Gasteiger partial charge in [0.25, 0.3) is 0 Å². The van der Waals surface area contributed by atoms with Crippen LogP contribution in [0.2, 0.25) is 0 Å². The number of carboxylic acids is 1. The molecule has 1 heterocycles. The van der Waals surface area contributed by atoms with Crippen molar-refractivity contribution in [1.82, 2.24) is 20.6 Å². The Hall–Kier alpha value is -3.76. The fourth-order valence-corrected chi connectivity index (χ4v) is 3.11. The number of benzene rings is 2. The lowest BCUT2D eigenvalue weighted by Gasteiger charge is -2.14. The average molecular weight is 442 g/mol. The summed E-state index contributed by atoms with van der Waals surface area (Å²) in [5, 5.41) is 42.6. The molecule has 10 heteroatoms. The highest BCUT2D eigenvalue weighted by Crippen LogP contribution is 2.32. The van der Waals surface area contributed by atoms with Crippen LogP contribution in [0, 0.1) is 11.6 Å². The Balaban J connectivity index is 2.08. The van der Waals surface area contributed by atoms with Crippen molar-refractivity contribution in [1.29, 1.82) is 0 Å². The molecule has 2 unspecified atom stereocenters. The van der Waals surface area contributed by atoms with Gasteiger partial charge in [0, 0.05) is 17.6 Å². The summed E-state index contributed by atoms with van der Waals surface area (Å²) in [6.07, 6.45) is -0.276. The van der Waals surface area contributed by atoms with Crippen LogP contribution >= 0.6 is 0 Å². The molecule has 0 aliphatic rings. The maximum atomic E-state index is 13.5. The molecule has 4 N–H and O–H groups in total. The molecular weight excluding hydrogens is 422 g/mol. The molecule has 2 atom stereocenters. The lowest BCUT2D eigenvalue weighted by atomic mass is 9.92. The predicted molar refractivity (Wildman–Crippen MR) is 111 cm³/mol. The van der Waals surface area contributed by atoms with Crippen LogP contribution in [-0.2, 0) is 4.79 Å². The highest BCUT2D eigenvalue weighted by Gasteiger charge is 2.18. The van der Waals surface area contributed by atoms with E-state index in [1.807, 2.05) is 0 Å². The van der Waals surface area contributed by atoms with Gasteiger partial charge in [0.05, 0.1) is 18.6 Å². The number of carboxylic acid groups (broad SMARTS) is 1. The summed E-state index contributed by atoms with van der Waals surface area (Å²) >= 11 is 0. The van der Waals surface area contributed by atoms with E-state index in [1.54, 1.807) is 0 Å². The van der Waals surface area contributed by atoms with Gasteiger partial charge in [0.15, 0.2) is 0 Å². The number of carbonyl (C=O) groups is 1. The molecule has 3 aromatic rings. The SMILES string of the molecule is O=C(O)CC(O)CC(O)/C=C/C(=C(c1ccc(F)cc1)c1ccc(F)cc1)c1nn[nH]n1. The van der Waals surface area contributed by atoms with Crippen molar-refractivity contribution < 1.29 is 28.9 Å². The van der Waals surface area contributed by atoms with Gasteiger partial charge in [-0.15, -0.1) is 10.2 Å². The van der Waals surface area contributed by atoms with Crippen LogP contribution in [0.15, 0.2) is 60.7 Å². The minimum absolute atomic E-state index is 0.156. The van der Waals surface area contributed by atoms with Crippen LogP contribution in [0.1, 0.15) is 29.8 Å². The van der Waals surface area contributed by atoms with E-state index in [2.05, 4.69) is 20.6 Å². The molecular formula is C22H20F2N4O4. The number of hydrogen-bond donors (Lipinski definition) is 4. The van der Waals surface area contributed by atoms with E-state index in [9.17, 15) is 23.8 Å². The lowest BCUT2D eigenvalue weighted by Crippen LogP contribution is -2.19. The zero-order valence-electron chi connectivity index (χ0n) is 16.7. The minimum Gasteiger partial charge on any atom is -0.481 e. The lowest BCUT2D eigenvalue weighted by molar-refractivity contribution is -0.139. The monoisotopic (exact) mass is 442 g/mol. The van der Waals surface area contributed by atoms with Crippen molar-refractivity contribution in [2.75, 3.05) is 0 Å². The van der Waals surface area contributed by atoms with Crippen LogP contribution < -0.4 is 0 Å². The van der Waals surface area contributed by atoms with Crippen molar-refractivity contribution in [2.24, 2.45) is 0 Å². The first kappa shape index (κ1) is 22.9. The van der Waals surface area contributed by atoms with E-state index in [-0.39, 0.29) is 12.2 Å². The van der Waals surface area contributed by atoms with Crippen LogP contribution in [-0.4, -0.2) is 54.1 Å². The molecule has 8 nitrogen and oxygen atoms in total. The predicted octanol–water partition coefficient (Wildman–Crippen LogP) is 2.58. The van der Waals surface area contributed by atoms with Crippen LogP contribution in [0.5, 0.6) is 0 Å². The normalized spacial score (nSPS) is 13.1. The summed E-state index contributed by atoms with van der Waals surface area (Å²) in [6, 6.07) is 11.2. The largest absolute Gasteiger partial charge is 0.481 e. The smallest absolute Gasteiger partial charge is 0.305 e. The third-order valence-corrected chi connectivity index (χ3v) is 4.53. The number of hydrogen-bond acceptors (Lipinski definition) is 6. The van der Waals surface area contributed by atoms with E-state index in [0.717, 1.165) is 0 Å². The van der Waals surface area contributed by atoms with E-state index >= 15 is 0 Å². The number of nitrogens with one attached hydrogen (secondary N) is 1. The fourth-order valence-electron chi connectivity index (χ4n) is 3.11. The highest BCUT2D eigenvalue weighted by atomic mass is 19.1. The zero-order chi connectivity index (χ0) is 23.1. The molecule has 0 radical (unpaired) electrons. The Morgan fingerprint density at radius 3 is 2.03 bits per heavy atom. The van der Waals surface area contributed by atoms with Gasteiger partial charge >= 0.3 is 5.97 Å². The molecule has 3 rings (SSSR count). The van der Waals surface area contributed by atoms with E-state index in [4.69, 9.17) is 5.11 Å². The third-order valence-electron chi connectivity index (χ3n) is 4.53. The van der Waals surface area contributed by atoms with Gasteiger partial charge < -0.3 is 15.3 Å². The van der Waals surface area contributed by atoms with Crippen LogP contribution in [0.3, 0.4) is 0 Å². The van der Waals surface area contributed by atoms with E-state index in [1.165, 1.54) is 60.7 Å². The van der Waals surface area contributed by atoms with Crippen molar-refractivity contribution >= 4 is 17.1 Å². The Labute approximate surface area is 181 Å². The Morgan fingerprint density at radius 1 is 1.00 bits per heavy atom. The standard InChI is InChI=1S/C22H20F2N4O4/c23-15-5-1-13(2-6-15)21(14-3-7-16(24)8-4-14)19(22-25-27-28-26-22)10-9-17(29)11-18(30)12-20(31)32/h1-10,17-18,29-30H,11-12H2,(H,31,32)(H,25,26,27,28)/b10-9+. The molecule has 0 bridgehead atoms. The van der Waals surface area contributed by atoms with Crippen molar-refractivity contribution in [3.05, 3.63) is 89.3 Å². The second-order valence-electron chi connectivity index (χ2n) is 6.95. The van der Waals surface area contributed by atoms with Gasteiger partial charge in [-0.3, -0.25) is 4.79 Å². The molecule has 0 aliphatic carbocycles. The highest BCUT2D eigenvalue weighted by molar-refractivity contribution is 6.00. The number of H-pyrrole nitrogens is 1. The van der Waals surface area contributed by atoms with Crippen molar-refractivity contribution in [3.63, 3.8) is 0 Å². The molecule has 0 amide bonds. The molecule has 0 fully saturated rings. The molecule has 0 saturated heterocycles. The second-order valence-corrected chi connectivity index (χ2v) is 6.95. The van der Waals surface area contributed by atoms with Gasteiger partial charge in [-0.25, -0.2) is 8.78 Å². The number of aromatic nitrogens is 4.